The number of anilines is 2. The maximum absolute atomic E-state index is 12.7. The minimum atomic E-state index is -0.304. The van der Waals surface area contributed by atoms with E-state index in [-0.39, 0.29) is 23.9 Å². The fourth-order valence-corrected chi connectivity index (χ4v) is 3.22. The molecule has 3 aromatic rings. The molecule has 1 atom stereocenters. The standard InChI is InChI=1S/C25H27N3O2/c1-17(2)23(19-10-6-4-7-11-19)28-25(30)27-22-16-20(15-14-18(22)3)24(29)26-21-12-8-5-9-13-21/h4-17,23H,1-3H3,(H,26,29)(H2,27,28,30). The van der Waals surface area contributed by atoms with E-state index in [2.05, 4.69) is 29.8 Å². The van der Waals surface area contributed by atoms with E-state index in [0.717, 1.165) is 16.8 Å². The quantitative estimate of drug-likeness (QED) is 0.491. The van der Waals surface area contributed by atoms with Gasteiger partial charge in [0.2, 0.25) is 0 Å². The fraction of sp³-hybridized carbons (Fsp3) is 0.200. The molecule has 0 heterocycles. The Labute approximate surface area is 177 Å². The molecular formula is C25H27N3O2. The number of benzene rings is 3. The molecule has 5 nitrogen and oxygen atoms in total. The Hall–Kier alpha value is -3.60. The molecule has 0 bridgehead atoms. The zero-order chi connectivity index (χ0) is 21.5. The summed E-state index contributed by atoms with van der Waals surface area (Å²) >= 11 is 0. The largest absolute Gasteiger partial charge is 0.331 e. The summed E-state index contributed by atoms with van der Waals surface area (Å²) in [7, 11) is 0. The highest BCUT2D eigenvalue weighted by molar-refractivity contribution is 6.05. The molecule has 0 fully saturated rings. The van der Waals surface area contributed by atoms with E-state index in [9.17, 15) is 9.59 Å². The van der Waals surface area contributed by atoms with Crippen LogP contribution in [0.15, 0.2) is 78.9 Å². The number of urea groups is 1. The first kappa shape index (κ1) is 21.1. The van der Waals surface area contributed by atoms with Crippen LogP contribution in [-0.2, 0) is 0 Å². The van der Waals surface area contributed by atoms with Crippen molar-refractivity contribution in [2.75, 3.05) is 10.6 Å². The first-order chi connectivity index (χ1) is 14.4. The van der Waals surface area contributed by atoms with Gasteiger partial charge in [0.1, 0.15) is 0 Å². The van der Waals surface area contributed by atoms with Crippen molar-refractivity contribution in [3.8, 4) is 0 Å². The van der Waals surface area contributed by atoms with Gasteiger partial charge in [-0.25, -0.2) is 4.79 Å². The van der Waals surface area contributed by atoms with Gasteiger partial charge in [0.15, 0.2) is 0 Å². The van der Waals surface area contributed by atoms with Crippen LogP contribution in [0.25, 0.3) is 0 Å². The van der Waals surface area contributed by atoms with Crippen molar-refractivity contribution >= 4 is 23.3 Å². The molecule has 3 amide bonds. The Kier molecular flexibility index (Phi) is 6.86. The minimum Gasteiger partial charge on any atom is -0.331 e. The number of nitrogens with one attached hydrogen (secondary N) is 3. The summed E-state index contributed by atoms with van der Waals surface area (Å²) in [6.07, 6.45) is 0. The zero-order valence-corrected chi connectivity index (χ0v) is 17.5. The zero-order valence-electron chi connectivity index (χ0n) is 17.5. The van der Waals surface area contributed by atoms with Crippen molar-refractivity contribution in [2.24, 2.45) is 5.92 Å². The predicted octanol–water partition coefficient (Wildman–Crippen LogP) is 5.77. The maximum atomic E-state index is 12.7. The molecule has 5 heteroatoms. The van der Waals surface area contributed by atoms with E-state index in [1.54, 1.807) is 12.1 Å². The molecule has 0 radical (unpaired) electrons. The van der Waals surface area contributed by atoms with Gasteiger partial charge >= 0.3 is 6.03 Å². The van der Waals surface area contributed by atoms with E-state index in [4.69, 9.17) is 0 Å². The van der Waals surface area contributed by atoms with Crippen molar-refractivity contribution < 1.29 is 9.59 Å². The summed E-state index contributed by atoms with van der Waals surface area (Å²) < 4.78 is 0. The molecule has 0 spiro atoms. The molecule has 0 saturated carbocycles. The number of hydrogen-bond acceptors (Lipinski definition) is 2. The Morgan fingerprint density at radius 2 is 1.43 bits per heavy atom. The van der Waals surface area contributed by atoms with Crippen LogP contribution >= 0.6 is 0 Å². The summed E-state index contributed by atoms with van der Waals surface area (Å²) in [5.41, 5.74) is 3.72. The van der Waals surface area contributed by atoms with Gasteiger partial charge in [-0.1, -0.05) is 68.4 Å². The van der Waals surface area contributed by atoms with E-state index in [1.165, 1.54) is 0 Å². The molecule has 154 valence electrons. The van der Waals surface area contributed by atoms with E-state index in [1.807, 2.05) is 73.7 Å². The first-order valence-electron chi connectivity index (χ1n) is 10.0. The number of aryl methyl sites for hydroxylation is 1. The van der Waals surface area contributed by atoms with Gasteiger partial charge in [0.05, 0.1) is 6.04 Å². The number of carbonyl (C=O) groups excluding carboxylic acids is 2. The molecule has 3 rings (SSSR count). The average Bonchev–Trinajstić information content (AvgIpc) is 2.74. The average molecular weight is 402 g/mol. The predicted molar refractivity (Wildman–Crippen MR) is 122 cm³/mol. The third-order valence-corrected chi connectivity index (χ3v) is 4.89. The third-order valence-electron chi connectivity index (χ3n) is 4.89. The number of para-hydroxylation sites is 1. The summed E-state index contributed by atoms with van der Waals surface area (Å²) in [4.78, 5) is 25.3. The SMILES string of the molecule is Cc1ccc(C(=O)Nc2ccccc2)cc1NC(=O)NC(c1ccccc1)C(C)C. The minimum absolute atomic E-state index is 0.115. The normalized spacial score (nSPS) is 11.6. The molecule has 1 unspecified atom stereocenters. The lowest BCUT2D eigenvalue weighted by atomic mass is 9.96. The van der Waals surface area contributed by atoms with Gasteiger partial charge in [-0.2, -0.15) is 0 Å². The fourth-order valence-electron chi connectivity index (χ4n) is 3.22. The lowest BCUT2D eigenvalue weighted by Crippen LogP contribution is -2.35. The van der Waals surface area contributed by atoms with Gasteiger partial charge in [-0.3, -0.25) is 4.79 Å². The monoisotopic (exact) mass is 401 g/mol. The van der Waals surface area contributed by atoms with Crippen LogP contribution in [0.1, 0.15) is 41.4 Å². The third kappa shape index (κ3) is 5.47. The van der Waals surface area contributed by atoms with Gasteiger partial charge in [-0.15, -0.1) is 0 Å². The number of rotatable bonds is 6. The van der Waals surface area contributed by atoms with E-state index >= 15 is 0 Å². The second-order valence-electron chi connectivity index (χ2n) is 7.58. The first-order valence-corrected chi connectivity index (χ1v) is 10.0. The number of amides is 3. The van der Waals surface area contributed by atoms with Crippen LogP contribution in [0.4, 0.5) is 16.2 Å². The molecule has 0 aliphatic rings. The summed E-state index contributed by atoms with van der Waals surface area (Å²) in [5, 5.41) is 8.80. The van der Waals surface area contributed by atoms with Crippen molar-refractivity contribution in [1.29, 1.82) is 0 Å². The number of carbonyl (C=O) groups is 2. The van der Waals surface area contributed by atoms with Crippen LogP contribution in [0.5, 0.6) is 0 Å². The molecule has 3 aromatic carbocycles. The Bertz CT molecular complexity index is 1000. The summed E-state index contributed by atoms with van der Waals surface area (Å²) in [6, 6.07) is 24.0. The molecule has 30 heavy (non-hydrogen) atoms. The van der Waals surface area contributed by atoms with Gasteiger partial charge in [0, 0.05) is 16.9 Å². The Balaban J connectivity index is 1.71. The smallest absolute Gasteiger partial charge is 0.319 e. The highest BCUT2D eigenvalue weighted by atomic mass is 16.2. The second kappa shape index (κ2) is 9.74. The number of hydrogen-bond donors (Lipinski definition) is 3. The topological polar surface area (TPSA) is 70.2 Å². The lowest BCUT2D eigenvalue weighted by Gasteiger charge is -2.23. The summed E-state index contributed by atoms with van der Waals surface area (Å²) in [6.45, 7) is 6.03. The molecular weight excluding hydrogens is 374 g/mol. The summed E-state index contributed by atoms with van der Waals surface area (Å²) in [5.74, 6) is -0.00349. The van der Waals surface area contributed by atoms with Crippen LogP contribution in [0.3, 0.4) is 0 Å². The van der Waals surface area contributed by atoms with E-state index < -0.39 is 0 Å². The highest BCUT2D eigenvalue weighted by Crippen LogP contribution is 2.23. The van der Waals surface area contributed by atoms with Crippen LogP contribution in [0, 0.1) is 12.8 Å². The van der Waals surface area contributed by atoms with Crippen LogP contribution < -0.4 is 16.0 Å². The molecule has 3 N–H and O–H groups in total. The van der Waals surface area contributed by atoms with Gasteiger partial charge < -0.3 is 16.0 Å². The Morgan fingerprint density at radius 3 is 2.07 bits per heavy atom. The molecule has 0 aliphatic heterocycles. The Morgan fingerprint density at radius 1 is 0.800 bits per heavy atom. The van der Waals surface area contributed by atoms with Crippen LogP contribution in [-0.4, -0.2) is 11.9 Å². The molecule has 0 aromatic heterocycles. The van der Waals surface area contributed by atoms with Crippen molar-refractivity contribution in [3.05, 3.63) is 95.6 Å². The van der Waals surface area contributed by atoms with E-state index in [0.29, 0.717) is 11.3 Å². The maximum Gasteiger partial charge on any atom is 0.319 e. The van der Waals surface area contributed by atoms with Gasteiger partial charge in [-0.05, 0) is 48.2 Å². The molecule has 0 saturated heterocycles. The lowest BCUT2D eigenvalue weighted by molar-refractivity contribution is 0.102. The van der Waals surface area contributed by atoms with Crippen molar-refractivity contribution in [2.45, 2.75) is 26.8 Å². The highest BCUT2D eigenvalue weighted by Gasteiger charge is 2.19. The second-order valence-corrected chi connectivity index (χ2v) is 7.58. The molecule has 0 aliphatic carbocycles. The van der Waals surface area contributed by atoms with Crippen molar-refractivity contribution in [1.82, 2.24) is 5.32 Å². The van der Waals surface area contributed by atoms with Gasteiger partial charge in [0.25, 0.3) is 5.91 Å². The van der Waals surface area contributed by atoms with Crippen molar-refractivity contribution in [3.63, 3.8) is 0 Å². The van der Waals surface area contributed by atoms with Crippen LogP contribution in [0.2, 0.25) is 0 Å².